The zero-order valence-corrected chi connectivity index (χ0v) is 12.1. The Kier molecular flexibility index (Phi) is 2.82. The molecular weight excluding hydrogens is 266 g/mol. The van der Waals surface area contributed by atoms with Crippen LogP contribution >= 0.6 is 0 Å². The fourth-order valence-electron chi connectivity index (χ4n) is 3.57. The molecule has 1 unspecified atom stereocenters. The maximum atomic E-state index is 6.00. The first-order valence-electron chi connectivity index (χ1n) is 7.54. The summed E-state index contributed by atoms with van der Waals surface area (Å²) in [5.41, 5.74) is 8.08. The molecule has 0 radical (unpaired) electrons. The summed E-state index contributed by atoms with van der Waals surface area (Å²) in [7, 11) is 0. The molecule has 110 valence electrons. The largest absolute Gasteiger partial charge is 0.339 e. The van der Waals surface area contributed by atoms with Crippen molar-refractivity contribution in [2.45, 2.75) is 51.0 Å². The van der Waals surface area contributed by atoms with Gasteiger partial charge in [0.1, 0.15) is 12.0 Å². The van der Waals surface area contributed by atoms with Gasteiger partial charge in [0, 0.05) is 18.2 Å². The highest BCUT2D eigenvalue weighted by Gasteiger charge is 2.58. The van der Waals surface area contributed by atoms with Crippen LogP contribution in [0.25, 0.3) is 11.5 Å². The zero-order chi connectivity index (χ0) is 14.4. The molecule has 6 nitrogen and oxygen atoms in total. The van der Waals surface area contributed by atoms with E-state index in [1.54, 1.807) is 6.20 Å². The smallest absolute Gasteiger partial charge is 0.230 e. The maximum absolute atomic E-state index is 6.00. The van der Waals surface area contributed by atoms with Gasteiger partial charge in [0.05, 0.1) is 0 Å². The van der Waals surface area contributed by atoms with E-state index in [0.29, 0.717) is 23.2 Å². The SMILES string of the molecule is Cc1cncnc1-c1noc(C2CC23CCC(N)CC3)n1. The molecule has 2 aliphatic carbocycles. The van der Waals surface area contributed by atoms with E-state index in [1.807, 2.05) is 6.92 Å². The van der Waals surface area contributed by atoms with Crippen LogP contribution in [-0.2, 0) is 0 Å². The second-order valence-corrected chi connectivity index (χ2v) is 6.47. The molecule has 0 amide bonds. The zero-order valence-electron chi connectivity index (χ0n) is 12.1. The van der Waals surface area contributed by atoms with Crippen LogP contribution in [0.1, 0.15) is 49.5 Å². The molecule has 21 heavy (non-hydrogen) atoms. The van der Waals surface area contributed by atoms with E-state index in [1.165, 1.54) is 19.2 Å². The summed E-state index contributed by atoms with van der Waals surface area (Å²) in [6.45, 7) is 1.95. The number of hydrogen-bond donors (Lipinski definition) is 1. The normalized spacial score (nSPS) is 31.5. The molecule has 0 aliphatic heterocycles. The van der Waals surface area contributed by atoms with Gasteiger partial charge in [-0.25, -0.2) is 9.97 Å². The third kappa shape index (κ3) is 2.14. The summed E-state index contributed by atoms with van der Waals surface area (Å²) in [5.74, 6) is 1.74. The van der Waals surface area contributed by atoms with Gasteiger partial charge in [0.25, 0.3) is 0 Å². The molecule has 2 heterocycles. The highest BCUT2D eigenvalue weighted by Crippen LogP contribution is 2.66. The van der Waals surface area contributed by atoms with Crippen LogP contribution in [0.5, 0.6) is 0 Å². The fraction of sp³-hybridized carbons (Fsp3) is 0.600. The Hall–Kier alpha value is -1.82. The number of rotatable bonds is 2. The second kappa shape index (κ2) is 4.59. The number of hydrogen-bond acceptors (Lipinski definition) is 6. The Morgan fingerprint density at radius 2 is 2.14 bits per heavy atom. The molecule has 4 rings (SSSR count). The Balaban J connectivity index is 1.55. The average Bonchev–Trinajstić information content (AvgIpc) is 2.97. The molecule has 2 aromatic heterocycles. The van der Waals surface area contributed by atoms with Gasteiger partial charge in [0.15, 0.2) is 0 Å². The van der Waals surface area contributed by atoms with E-state index in [4.69, 9.17) is 10.3 Å². The van der Waals surface area contributed by atoms with Gasteiger partial charge in [-0.15, -0.1) is 0 Å². The quantitative estimate of drug-likeness (QED) is 0.909. The second-order valence-electron chi connectivity index (χ2n) is 6.47. The summed E-state index contributed by atoms with van der Waals surface area (Å²) in [6, 6.07) is 0.374. The first-order valence-corrected chi connectivity index (χ1v) is 7.54. The summed E-state index contributed by atoms with van der Waals surface area (Å²) in [4.78, 5) is 12.8. The molecule has 2 aromatic rings. The molecular formula is C15H19N5O. The Morgan fingerprint density at radius 1 is 1.33 bits per heavy atom. The maximum Gasteiger partial charge on any atom is 0.230 e. The van der Waals surface area contributed by atoms with Crippen molar-refractivity contribution in [2.24, 2.45) is 11.1 Å². The van der Waals surface area contributed by atoms with Crippen molar-refractivity contribution in [2.75, 3.05) is 0 Å². The van der Waals surface area contributed by atoms with Crippen LogP contribution in [0, 0.1) is 12.3 Å². The minimum atomic E-state index is 0.374. The van der Waals surface area contributed by atoms with Gasteiger partial charge < -0.3 is 10.3 Å². The van der Waals surface area contributed by atoms with E-state index in [9.17, 15) is 0 Å². The molecule has 2 fully saturated rings. The van der Waals surface area contributed by atoms with Crippen LogP contribution in [-0.4, -0.2) is 26.2 Å². The van der Waals surface area contributed by atoms with Gasteiger partial charge in [-0.1, -0.05) is 5.16 Å². The lowest BCUT2D eigenvalue weighted by Gasteiger charge is -2.26. The van der Waals surface area contributed by atoms with E-state index in [-0.39, 0.29) is 0 Å². The van der Waals surface area contributed by atoms with Gasteiger partial charge in [-0.2, -0.15) is 4.98 Å². The molecule has 1 atom stereocenters. The fourth-order valence-corrected chi connectivity index (χ4v) is 3.57. The Labute approximate surface area is 123 Å². The number of nitrogens with two attached hydrogens (primary N) is 1. The summed E-state index contributed by atoms with van der Waals surface area (Å²) < 4.78 is 5.50. The summed E-state index contributed by atoms with van der Waals surface area (Å²) >= 11 is 0. The van der Waals surface area contributed by atoms with Gasteiger partial charge in [-0.3, -0.25) is 0 Å². The number of aryl methyl sites for hydroxylation is 1. The minimum absolute atomic E-state index is 0.374. The van der Waals surface area contributed by atoms with Crippen molar-refractivity contribution in [1.29, 1.82) is 0 Å². The molecule has 6 heteroatoms. The monoisotopic (exact) mass is 285 g/mol. The molecule has 2 N–H and O–H groups in total. The van der Waals surface area contributed by atoms with Crippen LogP contribution in [0.3, 0.4) is 0 Å². The minimum Gasteiger partial charge on any atom is -0.339 e. The lowest BCUT2D eigenvalue weighted by atomic mass is 9.82. The lowest BCUT2D eigenvalue weighted by Crippen LogP contribution is -2.27. The Bertz CT molecular complexity index is 660. The first-order chi connectivity index (χ1) is 10.2. The van der Waals surface area contributed by atoms with Crippen LogP contribution in [0.2, 0.25) is 0 Å². The van der Waals surface area contributed by atoms with E-state index in [0.717, 1.165) is 36.4 Å². The standard InChI is InChI=1S/C15H19N5O/c1-9-7-17-8-18-12(9)13-19-14(21-20-13)11-6-15(11)4-2-10(16)3-5-15/h7-8,10-11H,2-6,16H2,1H3. The molecule has 2 aliphatic rings. The highest BCUT2D eigenvalue weighted by atomic mass is 16.5. The van der Waals surface area contributed by atoms with Crippen molar-refractivity contribution >= 4 is 0 Å². The van der Waals surface area contributed by atoms with E-state index < -0.39 is 0 Å². The predicted molar refractivity (Wildman–Crippen MR) is 76.3 cm³/mol. The molecule has 1 spiro atoms. The molecule has 0 bridgehead atoms. The van der Waals surface area contributed by atoms with Crippen molar-refractivity contribution in [3.63, 3.8) is 0 Å². The number of nitrogens with zero attached hydrogens (tertiary/aromatic N) is 4. The Morgan fingerprint density at radius 3 is 2.90 bits per heavy atom. The van der Waals surface area contributed by atoms with Crippen LogP contribution in [0.15, 0.2) is 17.0 Å². The van der Waals surface area contributed by atoms with Crippen LogP contribution in [0.4, 0.5) is 0 Å². The van der Waals surface area contributed by atoms with Crippen molar-refractivity contribution in [3.05, 3.63) is 24.0 Å². The molecule has 0 saturated heterocycles. The summed E-state index contributed by atoms with van der Waals surface area (Å²) in [6.07, 6.45) is 9.03. The van der Waals surface area contributed by atoms with Gasteiger partial charge in [-0.05, 0) is 50.0 Å². The summed E-state index contributed by atoms with van der Waals surface area (Å²) in [5, 5.41) is 4.10. The lowest BCUT2D eigenvalue weighted by molar-refractivity contribution is 0.279. The van der Waals surface area contributed by atoms with Gasteiger partial charge >= 0.3 is 0 Å². The van der Waals surface area contributed by atoms with Crippen molar-refractivity contribution < 1.29 is 4.52 Å². The van der Waals surface area contributed by atoms with Crippen molar-refractivity contribution in [1.82, 2.24) is 20.1 Å². The third-order valence-electron chi connectivity index (χ3n) is 5.06. The highest BCUT2D eigenvalue weighted by molar-refractivity contribution is 5.52. The van der Waals surface area contributed by atoms with E-state index >= 15 is 0 Å². The van der Waals surface area contributed by atoms with E-state index in [2.05, 4.69) is 20.1 Å². The third-order valence-corrected chi connectivity index (χ3v) is 5.06. The molecule has 2 saturated carbocycles. The first kappa shape index (κ1) is 12.9. The van der Waals surface area contributed by atoms with Crippen molar-refractivity contribution in [3.8, 4) is 11.5 Å². The predicted octanol–water partition coefficient (Wildman–Crippen LogP) is 2.21. The average molecular weight is 285 g/mol. The molecule has 0 aromatic carbocycles. The topological polar surface area (TPSA) is 90.7 Å². The van der Waals surface area contributed by atoms with Gasteiger partial charge in [0.2, 0.25) is 11.7 Å². The van der Waals surface area contributed by atoms with Crippen LogP contribution < -0.4 is 5.73 Å². The number of aromatic nitrogens is 4.